The molecule has 92 valence electrons. The minimum atomic E-state index is 0.421. The second-order valence-corrected chi connectivity index (χ2v) is 5.18. The maximum Gasteiger partial charge on any atom is 0.117 e. The van der Waals surface area contributed by atoms with Crippen LogP contribution >= 0.6 is 11.3 Å². The van der Waals surface area contributed by atoms with Crippen LogP contribution in [0.2, 0.25) is 0 Å². The van der Waals surface area contributed by atoms with Crippen molar-refractivity contribution in [2.75, 3.05) is 20.6 Å². The summed E-state index contributed by atoms with van der Waals surface area (Å²) in [5.74, 6) is 0.980. The molecule has 2 aromatic heterocycles. The van der Waals surface area contributed by atoms with E-state index in [-0.39, 0.29) is 0 Å². The number of nitrogens with one attached hydrogen (secondary N) is 1. The Morgan fingerprint density at radius 1 is 1.35 bits per heavy atom. The lowest BCUT2D eigenvalue weighted by molar-refractivity contribution is 0.289. The number of thiophene rings is 1. The first-order valence-electron chi connectivity index (χ1n) is 5.70. The molecule has 1 N–H and O–H groups in total. The quantitative estimate of drug-likeness (QED) is 0.854. The zero-order valence-electron chi connectivity index (χ0n) is 10.2. The molecule has 2 aromatic rings. The summed E-state index contributed by atoms with van der Waals surface area (Å²) in [6.45, 7) is 1.71. The Bertz CT molecular complexity index is 409. The molecule has 2 rings (SSSR count). The molecule has 17 heavy (non-hydrogen) atoms. The molecule has 0 bridgehead atoms. The molecule has 0 aliphatic heterocycles. The van der Waals surface area contributed by atoms with Crippen molar-refractivity contribution in [2.24, 2.45) is 0 Å². The van der Waals surface area contributed by atoms with Gasteiger partial charge in [-0.05, 0) is 37.7 Å². The first kappa shape index (κ1) is 12.4. The summed E-state index contributed by atoms with van der Waals surface area (Å²) in [6.07, 6.45) is 1.71. The van der Waals surface area contributed by atoms with Crippen molar-refractivity contribution in [1.82, 2.24) is 10.2 Å². The lowest BCUT2D eigenvalue weighted by atomic mass is 10.2. The summed E-state index contributed by atoms with van der Waals surface area (Å²) in [4.78, 5) is 3.63. The molecule has 4 heteroatoms. The zero-order valence-corrected chi connectivity index (χ0v) is 11.0. The molecule has 0 saturated heterocycles. The van der Waals surface area contributed by atoms with Crippen molar-refractivity contribution in [1.29, 1.82) is 0 Å². The van der Waals surface area contributed by atoms with Crippen LogP contribution in [0.5, 0.6) is 0 Å². The molecule has 0 aliphatic rings. The van der Waals surface area contributed by atoms with E-state index >= 15 is 0 Å². The third kappa shape index (κ3) is 3.43. The van der Waals surface area contributed by atoms with E-state index in [2.05, 4.69) is 41.8 Å². The summed E-state index contributed by atoms with van der Waals surface area (Å²) in [7, 11) is 4.22. The van der Waals surface area contributed by atoms with Crippen LogP contribution in [-0.4, -0.2) is 25.5 Å². The third-order valence-corrected chi connectivity index (χ3v) is 3.69. The van der Waals surface area contributed by atoms with Crippen molar-refractivity contribution >= 4 is 11.3 Å². The lowest BCUT2D eigenvalue weighted by Gasteiger charge is -2.23. The fraction of sp³-hybridized carbons (Fsp3) is 0.385. The van der Waals surface area contributed by atoms with Crippen molar-refractivity contribution in [2.45, 2.75) is 12.6 Å². The Labute approximate surface area is 106 Å². The average molecular weight is 250 g/mol. The minimum absolute atomic E-state index is 0.421. The van der Waals surface area contributed by atoms with Gasteiger partial charge in [0.1, 0.15) is 5.76 Å². The van der Waals surface area contributed by atoms with Gasteiger partial charge >= 0.3 is 0 Å². The van der Waals surface area contributed by atoms with Crippen molar-refractivity contribution in [3.63, 3.8) is 0 Å². The van der Waals surface area contributed by atoms with Crippen LogP contribution in [0.1, 0.15) is 16.7 Å². The maximum absolute atomic E-state index is 5.29. The highest BCUT2D eigenvalue weighted by Crippen LogP contribution is 2.22. The summed E-state index contributed by atoms with van der Waals surface area (Å²) in [6, 6.07) is 8.61. The van der Waals surface area contributed by atoms with E-state index in [0.29, 0.717) is 6.04 Å². The topological polar surface area (TPSA) is 28.4 Å². The van der Waals surface area contributed by atoms with Crippen LogP contribution in [0.4, 0.5) is 0 Å². The lowest BCUT2D eigenvalue weighted by Crippen LogP contribution is -2.30. The highest BCUT2D eigenvalue weighted by atomic mass is 32.1. The minimum Gasteiger partial charge on any atom is -0.468 e. The Morgan fingerprint density at radius 2 is 2.24 bits per heavy atom. The molecular weight excluding hydrogens is 232 g/mol. The molecule has 3 nitrogen and oxygen atoms in total. The van der Waals surface area contributed by atoms with Gasteiger partial charge in [-0.25, -0.2) is 0 Å². The zero-order chi connectivity index (χ0) is 12.1. The van der Waals surface area contributed by atoms with Gasteiger partial charge in [0.05, 0.1) is 18.8 Å². The van der Waals surface area contributed by atoms with E-state index in [0.717, 1.165) is 18.8 Å². The molecule has 1 atom stereocenters. The normalized spacial score (nSPS) is 13.1. The Hall–Kier alpha value is -1.10. The highest BCUT2D eigenvalue weighted by Gasteiger charge is 2.14. The molecule has 0 radical (unpaired) electrons. The van der Waals surface area contributed by atoms with Crippen LogP contribution < -0.4 is 5.32 Å². The third-order valence-electron chi connectivity index (χ3n) is 2.71. The molecule has 0 aromatic carbocycles. The van der Waals surface area contributed by atoms with Gasteiger partial charge in [0.15, 0.2) is 0 Å². The summed E-state index contributed by atoms with van der Waals surface area (Å²) < 4.78 is 5.29. The van der Waals surface area contributed by atoms with E-state index in [1.807, 2.05) is 12.1 Å². The number of rotatable bonds is 6. The van der Waals surface area contributed by atoms with Crippen LogP contribution in [0.15, 0.2) is 40.3 Å². The molecule has 1 unspecified atom stereocenters. The van der Waals surface area contributed by atoms with E-state index < -0.39 is 0 Å². The first-order valence-corrected chi connectivity index (χ1v) is 6.58. The van der Waals surface area contributed by atoms with Crippen molar-refractivity contribution in [3.8, 4) is 0 Å². The van der Waals surface area contributed by atoms with Crippen molar-refractivity contribution < 1.29 is 4.42 Å². The number of likely N-dealkylation sites (N-methyl/N-ethyl adjacent to an activating group) is 1. The SMILES string of the molecule is CN(C)C(CNCc1ccco1)c1cccs1. The Kier molecular flexibility index (Phi) is 4.36. The number of hydrogen-bond acceptors (Lipinski definition) is 4. The van der Waals surface area contributed by atoms with E-state index in [4.69, 9.17) is 4.42 Å². The van der Waals surface area contributed by atoms with Gasteiger partial charge in [0.25, 0.3) is 0 Å². The molecule has 0 spiro atoms. The fourth-order valence-corrected chi connectivity index (χ4v) is 2.69. The number of furan rings is 1. The van der Waals surface area contributed by atoms with Gasteiger partial charge in [-0.1, -0.05) is 6.07 Å². The Balaban J connectivity index is 1.86. The average Bonchev–Trinajstić information content (AvgIpc) is 2.96. The van der Waals surface area contributed by atoms with E-state index in [1.54, 1.807) is 17.6 Å². The van der Waals surface area contributed by atoms with Crippen LogP contribution in [-0.2, 0) is 6.54 Å². The maximum atomic E-state index is 5.29. The van der Waals surface area contributed by atoms with Crippen LogP contribution in [0.25, 0.3) is 0 Å². The van der Waals surface area contributed by atoms with E-state index in [9.17, 15) is 0 Å². The van der Waals surface area contributed by atoms with Gasteiger partial charge in [-0.15, -0.1) is 11.3 Å². The molecule has 0 aliphatic carbocycles. The van der Waals surface area contributed by atoms with Crippen molar-refractivity contribution in [3.05, 3.63) is 46.5 Å². The molecule has 0 fully saturated rings. The van der Waals surface area contributed by atoms with Crippen LogP contribution in [0.3, 0.4) is 0 Å². The largest absolute Gasteiger partial charge is 0.468 e. The predicted octanol–water partition coefficient (Wildman–Crippen LogP) is 2.73. The summed E-state index contributed by atoms with van der Waals surface area (Å²) in [5.41, 5.74) is 0. The first-order chi connectivity index (χ1) is 8.27. The summed E-state index contributed by atoms with van der Waals surface area (Å²) in [5, 5.41) is 5.55. The highest BCUT2D eigenvalue weighted by molar-refractivity contribution is 7.10. The van der Waals surface area contributed by atoms with Crippen LogP contribution in [0, 0.1) is 0 Å². The van der Waals surface area contributed by atoms with Gasteiger partial charge in [0.2, 0.25) is 0 Å². The van der Waals surface area contributed by atoms with Gasteiger partial charge in [0, 0.05) is 11.4 Å². The molecule has 0 amide bonds. The van der Waals surface area contributed by atoms with Gasteiger partial charge < -0.3 is 14.6 Å². The van der Waals surface area contributed by atoms with Gasteiger partial charge in [-0.3, -0.25) is 0 Å². The standard InChI is InChI=1S/C13H18N2OS/c1-15(2)12(13-6-4-8-17-13)10-14-9-11-5-3-7-16-11/h3-8,12,14H,9-10H2,1-2H3. The molecule has 0 saturated carbocycles. The number of hydrogen-bond donors (Lipinski definition) is 1. The predicted molar refractivity (Wildman–Crippen MR) is 71.2 cm³/mol. The molecular formula is C13H18N2OS. The van der Waals surface area contributed by atoms with Gasteiger partial charge in [-0.2, -0.15) is 0 Å². The fourth-order valence-electron chi connectivity index (χ4n) is 1.76. The molecule has 2 heterocycles. The second-order valence-electron chi connectivity index (χ2n) is 4.21. The number of nitrogens with zero attached hydrogens (tertiary/aromatic N) is 1. The second kappa shape index (κ2) is 6.00. The monoisotopic (exact) mass is 250 g/mol. The smallest absolute Gasteiger partial charge is 0.117 e. The van der Waals surface area contributed by atoms with E-state index in [1.165, 1.54) is 4.88 Å². The Morgan fingerprint density at radius 3 is 2.82 bits per heavy atom. The summed E-state index contributed by atoms with van der Waals surface area (Å²) >= 11 is 1.80.